The van der Waals surface area contributed by atoms with E-state index in [1.54, 1.807) is 0 Å². The highest BCUT2D eigenvalue weighted by atomic mass is 16.4. The second-order valence-electron chi connectivity index (χ2n) is 6.10. The second-order valence-corrected chi connectivity index (χ2v) is 6.10. The third-order valence-electron chi connectivity index (χ3n) is 3.44. The molecule has 17 heavy (non-hydrogen) atoms. The monoisotopic (exact) mass is 237 g/mol. The summed E-state index contributed by atoms with van der Waals surface area (Å²) in [7, 11) is 2.15. The van der Waals surface area contributed by atoms with Crippen molar-refractivity contribution in [2.75, 3.05) is 7.05 Å². The fourth-order valence-electron chi connectivity index (χ4n) is 2.31. The van der Waals surface area contributed by atoms with Crippen LogP contribution in [0.3, 0.4) is 0 Å². The Kier molecular flexibility index (Phi) is 3.52. The van der Waals surface area contributed by atoms with Crippen molar-refractivity contribution in [2.45, 2.75) is 64.5 Å². The molecule has 1 aromatic heterocycles. The first-order chi connectivity index (χ1) is 7.97. The molecule has 0 amide bonds. The molecular formula is C13H23N3O. The van der Waals surface area contributed by atoms with Crippen LogP contribution in [0.4, 0.5) is 0 Å². The molecule has 0 N–H and O–H groups in total. The first kappa shape index (κ1) is 12.6. The molecule has 0 aromatic carbocycles. The lowest BCUT2D eigenvalue weighted by molar-refractivity contribution is 0.210. The highest BCUT2D eigenvalue weighted by molar-refractivity contribution is 4.96. The van der Waals surface area contributed by atoms with Gasteiger partial charge in [-0.25, -0.2) is 0 Å². The second kappa shape index (κ2) is 4.77. The summed E-state index contributed by atoms with van der Waals surface area (Å²) >= 11 is 0. The first-order valence-electron chi connectivity index (χ1n) is 6.50. The van der Waals surface area contributed by atoms with Gasteiger partial charge in [0.05, 0.1) is 6.54 Å². The van der Waals surface area contributed by atoms with Crippen molar-refractivity contribution in [2.24, 2.45) is 0 Å². The first-order valence-corrected chi connectivity index (χ1v) is 6.50. The van der Waals surface area contributed by atoms with Gasteiger partial charge in [0, 0.05) is 11.5 Å². The van der Waals surface area contributed by atoms with E-state index in [1.165, 1.54) is 25.7 Å². The summed E-state index contributed by atoms with van der Waals surface area (Å²) in [5, 5.41) is 8.26. The minimum atomic E-state index is -0.0584. The van der Waals surface area contributed by atoms with Crippen LogP contribution in [0.1, 0.15) is 58.2 Å². The van der Waals surface area contributed by atoms with Crippen molar-refractivity contribution < 1.29 is 4.42 Å². The van der Waals surface area contributed by atoms with Crippen LogP contribution in [-0.4, -0.2) is 28.2 Å². The Labute approximate surface area is 103 Å². The minimum Gasteiger partial charge on any atom is -0.423 e. The van der Waals surface area contributed by atoms with Gasteiger partial charge in [0.25, 0.3) is 0 Å². The van der Waals surface area contributed by atoms with Crippen LogP contribution in [0.2, 0.25) is 0 Å². The summed E-state index contributed by atoms with van der Waals surface area (Å²) in [5.74, 6) is 1.47. The van der Waals surface area contributed by atoms with Gasteiger partial charge in [-0.05, 0) is 19.9 Å². The van der Waals surface area contributed by atoms with E-state index in [9.17, 15) is 0 Å². The van der Waals surface area contributed by atoms with Gasteiger partial charge >= 0.3 is 0 Å². The Balaban J connectivity index is 1.96. The summed E-state index contributed by atoms with van der Waals surface area (Å²) in [6.45, 7) is 7.04. The number of hydrogen-bond acceptors (Lipinski definition) is 4. The van der Waals surface area contributed by atoms with Crippen LogP contribution in [0, 0.1) is 0 Å². The van der Waals surface area contributed by atoms with E-state index in [0.29, 0.717) is 6.04 Å². The molecule has 4 heteroatoms. The Bertz CT molecular complexity index is 361. The van der Waals surface area contributed by atoms with E-state index < -0.39 is 0 Å². The predicted octanol–water partition coefficient (Wildman–Crippen LogP) is 2.74. The van der Waals surface area contributed by atoms with Gasteiger partial charge in [0.15, 0.2) is 0 Å². The molecule has 0 atom stereocenters. The summed E-state index contributed by atoms with van der Waals surface area (Å²) in [6.07, 6.45) is 5.31. The molecule has 0 aliphatic heterocycles. The van der Waals surface area contributed by atoms with Crippen molar-refractivity contribution in [1.29, 1.82) is 0 Å². The number of rotatable bonds is 3. The van der Waals surface area contributed by atoms with Crippen LogP contribution < -0.4 is 0 Å². The largest absolute Gasteiger partial charge is 0.423 e. The van der Waals surface area contributed by atoms with E-state index >= 15 is 0 Å². The molecule has 4 nitrogen and oxygen atoms in total. The molecule has 1 fully saturated rings. The van der Waals surface area contributed by atoms with Gasteiger partial charge in [-0.2, -0.15) is 0 Å². The highest BCUT2D eigenvalue weighted by Crippen LogP contribution is 2.24. The van der Waals surface area contributed by atoms with Crippen molar-refractivity contribution >= 4 is 0 Å². The van der Waals surface area contributed by atoms with Gasteiger partial charge in [-0.3, -0.25) is 4.90 Å². The standard InChI is InChI=1S/C13H23N3O/c1-13(2,3)12-15-14-11(17-12)9-16(4)10-7-5-6-8-10/h10H,5-9H2,1-4H3. The summed E-state index contributed by atoms with van der Waals surface area (Å²) in [4.78, 5) is 2.34. The lowest BCUT2D eigenvalue weighted by Crippen LogP contribution is -2.28. The summed E-state index contributed by atoms with van der Waals surface area (Å²) in [5.41, 5.74) is -0.0584. The van der Waals surface area contributed by atoms with Crippen LogP contribution in [-0.2, 0) is 12.0 Å². The molecular weight excluding hydrogens is 214 g/mol. The summed E-state index contributed by atoms with van der Waals surface area (Å²) < 4.78 is 5.71. The van der Waals surface area contributed by atoms with E-state index in [4.69, 9.17) is 4.42 Å². The third kappa shape index (κ3) is 3.06. The molecule has 0 spiro atoms. The predicted molar refractivity (Wildman–Crippen MR) is 66.7 cm³/mol. The van der Waals surface area contributed by atoms with Gasteiger partial charge in [-0.1, -0.05) is 33.6 Å². The van der Waals surface area contributed by atoms with Crippen molar-refractivity contribution in [1.82, 2.24) is 15.1 Å². The molecule has 96 valence electrons. The van der Waals surface area contributed by atoms with Gasteiger partial charge < -0.3 is 4.42 Å². The fourth-order valence-corrected chi connectivity index (χ4v) is 2.31. The van der Waals surface area contributed by atoms with Crippen molar-refractivity contribution in [3.05, 3.63) is 11.8 Å². The fraction of sp³-hybridized carbons (Fsp3) is 0.846. The molecule has 1 saturated carbocycles. The normalized spacial score (nSPS) is 18.2. The Morgan fingerprint density at radius 2 is 1.88 bits per heavy atom. The van der Waals surface area contributed by atoms with Crippen LogP contribution in [0.15, 0.2) is 4.42 Å². The molecule has 0 saturated heterocycles. The van der Waals surface area contributed by atoms with Gasteiger partial charge in [0.1, 0.15) is 0 Å². The number of hydrogen-bond donors (Lipinski definition) is 0. The molecule has 1 aliphatic carbocycles. The molecule has 2 rings (SSSR count). The topological polar surface area (TPSA) is 42.2 Å². The van der Waals surface area contributed by atoms with Crippen LogP contribution >= 0.6 is 0 Å². The molecule has 1 aromatic rings. The van der Waals surface area contributed by atoms with Crippen LogP contribution in [0.5, 0.6) is 0 Å². The van der Waals surface area contributed by atoms with Crippen molar-refractivity contribution in [3.63, 3.8) is 0 Å². The molecule has 0 unspecified atom stereocenters. The quantitative estimate of drug-likeness (QED) is 0.810. The van der Waals surface area contributed by atoms with Gasteiger partial charge in [-0.15, -0.1) is 10.2 Å². The maximum Gasteiger partial charge on any atom is 0.230 e. The maximum atomic E-state index is 5.71. The summed E-state index contributed by atoms with van der Waals surface area (Å²) in [6, 6.07) is 0.694. The highest BCUT2D eigenvalue weighted by Gasteiger charge is 2.24. The zero-order valence-corrected chi connectivity index (χ0v) is 11.4. The SMILES string of the molecule is CN(Cc1nnc(C(C)(C)C)o1)C1CCCC1. The average Bonchev–Trinajstić information content (AvgIpc) is 2.85. The van der Waals surface area contributed by atoms with E-state index in [0.717, 1.165) is 18.3 Å². The van der Waals surface area contributed by atoms with Crippen molar-refractivity contribution in [3.8, 4) is 0 Å². The molecule has 1 aliphatic rings. The minimum absolute atomic E-state index is 0.0584. The van der Waals surface area contributed by atoms with Crippen LogP contribution in [0.25, 0.3) is 0 Å². The van der Waals surface area contributed by atoms with E-state index in [1.807, 2.05) is 0 Å². The third-order valence-corrected chi connectivity index (χ3v) is 3.44. The van der Waals surface area contributed by atoms with E-state index in [-0.39, 0.29) is 5.41 Å². The zero-order chi connectivity index (χ0) is 12.5. The van der Waals surface area contributed by atoms with Gasteiger partial charge in [0.2, 0.25) is 11.8 Å². The van der Waals surface area contributed by atoms with E-state index in [2.05, 4.69) is 42.9 Å². The molecule has 0 radical (unpaired) electrons. The molecule has 0 bridgehead atoms. The smallest absolute Gasteiger partial charge is 0.230 e. The lowest BCUT2D eigenvalue weighted by Gasteiger charge is -2.21. The number of aromatic nitrogens is 2. The Morgan fingerprint density at radius 3 is 2.41 bits per heavy atom. The zero-order valence-electron chi connectivity index (χ0n) is 11.4. The number of nitrogens with zero attached hydrogens (tertiary/aromatic N) is 3. The Hall–Kier alpha value is -0.900. The molecule has 1 heterocycles. The average molecular weight is 237 g/mol. The lowest BCUT2D eigenvalue weighted by atomic mass is 9.97. The maximum absolute atomic E-state index is 5.71. The Morgan fingerprint density at radius 1 is 1.24 bits per heavy atom.